The second-order valence-corrected chi connectivity index (χ2v) is 7.14. The maximum absolute atomic E-state index is 14.1. The van der Waals surface area contributed by atoms with Crippen LogP contribution in [-0.4, -0.2) is 19.0 Å². The summed E-state index contributed by atoms with van der Waals surface area (Å²) in [7, 11) is 0. The fraction of sp³-hybridized carbons (Fsp3) is 0.588. The molecule has 0 bridgehead atoms. The molecule has 2 atom stereocenters. The molecule has 1 aromatic carbocycles. The zero-order chi connectivity index (χ0) is 16.3. The molecule has 23 heavy (non-hydrogen) atoms. The van der Waals surface area contributed by atoms with Crippen molar-refractivity contribution in [3.05, 3.63) is 34.6 Å². The van der Waals surface area contributed by atoms with Gasteiger partial charge in [0, 0.05) is 28.5 Å². The Morgan fingerprint density at radius 1 is 1.43 bits per heavy atom. The number of carbonyl (C=O) groups excluding carboxylic acids is 1. The number of benzene rings is 1. The van der Waals surface area contributed by atoms with Crippen molar-refractivity contribution in [1.29, 1.82) is 0 Å². The Morgan fingerprint density at radius 3 is 2.74 bits per heavy atom. The van der Waals surface area contributed by atoms with Gasteiger partial charge in [0.05, 0.1) is 0 Å². The Kier molecular flexibility index (Phi) is 7.30. The number of rotatable bonds is 5. The van der Waals surface area contributed by atoms with Gasteiger partial charge in [-0.3, -0.25) is 4.79 Å². The van der Waals surface area contributed by atoms with Crippen LogP contribution in [-0.2, 0) is 10.2 Å². The summed E-state index contributed by atoms with van der Waals surface area (Å²) in [6.45, 7) is 4.65. The van der Waals surface area contributed by atoms with Crippen LogP contribution in [0.1, 0.15) is 38.7 Å². The van der Waals surface area contributed by atoms with Gasteiger partial charge in [0.15, 0.2) is 0 Å². The van der Waals surface area contributed by atoms with Crippen LogP contribution >= 0.6 is 24.0 Å². The molecule has 2 rings (SSSR count). The lowest BCUT2D eigenvalue weighted by molar-refractivity contribution is -0.126. The number of hydrogen-bond donors (Lipinski definition) is 2. The Morgan fingerprint density at radius 2 is 2.13 bits per heavy atom. The molecule has 0 aliphatic heterocycles. The van der Waals surface area contributed by atoms with Crippen molar-refractivity contribution in [2.45, 2.75) is 38.5 Å². The molecule has 1 saturated carbocycles. The molecule has 1 amide bonds. The monoisotopic (exact) mass is 362 g/mol. The lowest BCUT2D eigenvalue weighted by atomic mass is 9.83. The van der Waals surface area contributed by atoms with E-state index in [4.69, 9.17) is 17.3 Å². The predicted octanol–water partition coefficient (Wildman–Crippen LogP) is 3.67. The molecule has 1 aliphatic rings. The lowest BCUT2D eigenvalue weighted by Crippen LogP contribution is -2.42. The van der Waals surface area contributed by atoms with Crippen molar-refractivity contribution in [1.82, 2.24) is 5.32 Å². The molecular weight excluding hydrogens is 338 g/mol. The first kappa shape index (κ1) is 20.2. The van der Waals surface area contributed by atoms with Gasteiger partial charge >= 0.3 is 0 Å². The Balaban J connectivity index is 0.00000264. The molecule has 0 radical (unpaired) electrons. The average molecular weight is 363 g/mol. The van der Waals surface area contributed by atoms with E-state index in [1.165, 1.54) is 6.07 Å². The lowest BCUT2D eigenvalue weighted by Gasteiger charge is -2.28. The number of nitrogens with two attached hydrogens (primary N) is 1. The summed E-state index contributed by atoms with van der Waals surface area (Å²) in [5, 5.41) is 3.35. The summed E-state index contributed by atoms with van der Waals surface area (Å²) < 4.78 is 14.1. The van der Waals surface area contributed by atoms with Gasteiger partial charge in [-0.05, 0) is 37.4 Å². The van der Waals surface area contributed by atoms with Crippen LogP contribution < -0.4 is 11.1 Å². The SMILES string of the molecule is CC(C)(CNC(=O)[C@@H]1CCC[C@@H]1CN)c1c(F)cccc1Cl.Cl. The minimum atomic E-state index is -0.575. The average Bonchev–Trinajstić information content (AvgIpc) is 2.93. The Hall–Kier alpha value is -0.840. The molecule has 130 valence electrons. The van der Waals surface area contributed by atoms with Gasteiger partial charge in [-0.1, -0.05) is 37.9 Å². The fourth-order valence-electron chi connectivity index (χ4n) is 3.34. The Labute approximate surface area is 148 Å². The third-order valence-corrected chi connectivity index (χ3v) is 4.96. The largest absolute Gasteiger partial charge is 0.355 e. The van der Waals surface area contributed by atoms with Crippen LogP contribution in [0.3, 0.4) is 0 Å². The molecule has 0 saturated heterocycles. The zero-order valence-corrected chi connectivity index (χ0v) is 15.1. The molecule has 1 aliphatic carbocycles. The third-order valence-electron chi connectivity index (χ3n) is 4.64. The van der Waals surface area contributed by atoms with Gasteiger partial charge < -0.3 is 11.1 Å². The standard InChI is InChI=1S/C17H24ClFN2O.ClH/c1-17(2,15-13(18)7-4-8-14(15)19)10-21-16(22)12-6-3-5-11(12)9-20;/h4,7-8,11-12H,3,5-6,9-10,20H2,1-2H3,(H,21,22);1H/t11-,12-;/m1./s1. The van der Waals surface area contributed by atoms with Crippen molar-refractivity contribution in [3.8, 4) is 0 Å². The zero-order valence-electron chi connectivity index (χ0n) is 13.6. The topological polar surface area (TPSA) is 55.1 Å². The van der Waals surface area contributed by atoms with E-state index in [1.54, 1.807) is 12.1 Å². The molecular formula is C17H25Cl2FN2O. The first-order valence-electron chi connectivity index (χ1n) is 7.79. The van der Waals surface area contributed by atoms with E-state index in [0.717, 1.165) is 19.3 Å². The van der Waals surface area contributed by atoms with Gasteiger partial charge in [-0.2, -0.15) is 0 Å². The molecule has 1 fully saturated rings. The fourth-order valence-corrected chi connectivity index (χ4v) is 3.75. The molecule has 0 heterocycles. The van der Waals surface area contributed by atoms with E-state index in [0.29, 0.717) is 23.7 Å². The van der Waals surface area contributed by atoms with Crippen LogP contribution in [0, 0.1) is 17.7 Å². The molecule has 0 unspecified atom stereocenters. The number of amides is 1. The minimum Gasteiger partial charge on any atom is -0.355 e. The Bertz CT molecular complexity index is 531. The first-order chi connectivity index (χ1) is 10.4. The third kappa shape index (κ3) is 4.59. The van der Waals surface area contributed by atoms with Crippen molar-refractivity contribution < 1.29 is 9.18 Å². The summed E-state index contributed by atoms with van der Waals surface area (Å²) in [6.07, 6.45) is 2.94. The molecule has 6 heteroatoms. The van der Waals surface area contributed by atoms with Crippen LogP contribution in [0.2, 0.25) is 5.02 Å². The maximum atomic E-state index is 14.1. The van der Waals surface area contributed by atoms with Gasteiger partial charge in [-0.15, -0.1) is 12.4 Å². The number of halogens is 3. The smallest absolute Gasteiger partial charge is 0.223 e. The molecule has 1 aromatic rings. The highest BCUT2D eigenvalue weighted by Gasteiger charge is 2.33. The van der Waals surface area contributed by atoms with E-state index in [-0.39, 0.29) is 36.0 Å². The summed E-state index contributed by atoms with van der Waals surface area (Å²) in [5.74, 6) is -0.0713. The van der Waals surface area contributed by atoms with E-state index in [1.807, 2.05) is 13.8 Å². The predicted molar refractivity (Wildman–Crippen MR) is 94.6 cm³/mol. The van der Waals surface area contributed by atoms with Crippen molar-refractivity contribution in [3.63, 3.8) is 0 Å². The maximum Gasteiger partial charge on any atom is 0.223 e. The van der Waals surface area contributed by atoms with E-state index in [9.17, 15) is 9.18 Å². The van der Waals surface area contributed by atoms with Crippen LogP contribution in [0.25, 0.3) is 0 Å². The van der Waals surface area contributed by atoms with Gasteiger partial charge in [-0.25, -0.2) is 4.39 Å². The van der Waals surface area contributed by atoms with Gasteiger partial charge in [0.2, 0.25) is 5.91 Å². The van der Waals surface area contributed by atoms with Crippen LogP contribution in [0.4, 0.5) is 4.39 Å². The number of hydrogen-bond acceptors (Lipinski definition) is 2. The molecule has 3 N–H and O–H groups in total. The second kappa shape index (κ2) is 8.32. The number of carbonyl (C=O) groups is 1. The summed E-state index contributed by atoms with van der Waals surface area (Å²) in [6, 6.07) is 4.65. The molecule has 3 nitrogen and oxygen atoms in total. The van der Waals surface area contributed by atoms with Crippen molar-refractivity contribution in [2.75, 3.05) is 13.1 Å². The summed E-state index contributed by atoms with van der Waals surface area (Å²) in [5.41, 5.74) is 5.60. The van der Waals surface area contributed by atoms with Crippen molar-refractivity contribution in [2.24, 2.45) is 17.6 Å². The van der Waals surface area contributed by atoms with E-state index in [2.05, 4.69) is 5.32 Å². The van der Waals surface area contributed by atoms with Crippen molar-refractivity contribution >= 4 is 29.9 Å². The van der Waals surface area contributed by atoms with Crippen LogP contribution in [0.5, 0.6) is 0 Å². The van der Waals surface area contributed by atoms with Crippen LogP contribution in [0.15, 0.2) is 18.2 Å². The quantitative estimate of drug-likeness (QED) is 0.839. The first-order valence-corrected chi connectivity index (χ1v) is 8.17. The molecule has 0 spiro atoms. The summed E-state index contributed by atoms with van der Waals surface area (Å²) >= 11 is 6.13. The highest BCUT2D eigenvalue weighted by atomic mass is 35.5. The highest BCUT2D eigenvalue weighted by molar-refractivity contribution is 6.31. The normalized spacial score (nSPS) is 20.9. The van der Waals surface area contributed by atoms with E-state index < -0.39 is 5.41 Å². The molecule has 0 aromatic heterocycles. The van der Waals surface area contributed by atoms with Gasteiger partial charge in [0.25, 0.3) is 0 Å². The van der Waals surface area contributed by atoms with E-state index >= 15 is 0 Å². The minimum absolute atomic E-state index is 0. The second-order valence-electron chi connectivity index (χ2n) is 6.73. The van der Waals surface area contributed by atoms with Gasteiger partial charge in [0.1, 0.15) is 5.82 Å². The number of nitrogens with one attached hydrogen (secondary N) is 1. The summed E-state index contributed by atoms with van der Waals surface area (Å²) in [4.78, 5) is 12.4. The highest BCUT2D eigenvalue weighted by Crippen LogP contribution is 2.33.